The van der Waals surface area contributed by atoms with Crippen molar-refractivity contribution in [2.45, 2.75) is 38.5 Å². The van der Waals surface area contributed by atoms with E-state index < -0.39 is 0 Å². The van der Waals surface area contributed by atoms with Crippen LogP contribution in [-0.2, 0) is 10.8 Å². The summed E-state index contributed by atoms with van der Waals surface area (Å²) in [5, 5.41) is 5.38. The lowest BCUT2D eigenvalue weighted by Gasteiger charge is -2.26. The molecule has 2 aliphatic rings. The first-order valence-corrected chi connectivity index (χ1v) is 14.7. The number of aromatic nitrogens is 1. The minimum atomic E-state index is -0.114. The molecule has 0 spiro atoms. The van der Waals surface area contributed by atoms with Crippen LogP contribution in [0, 0.1) is 0 Å². The monoisotopic (exact) mass is 525 g/mol. The maximum Gasteiger partial charge on any atom is 0.0623 e. The molecule has 7 aromatic rings. The molecular weight excluding hydrogens is 494 g/mol. The molecule has 6 aromatic carbocycles. The fourth-order valence-corrected chi connectivity index (χ4v) is 8.46. The van der Waals surface area contributed by atoms with Gasteiger partial charge in [-0.15, -0.1) is 0 Å². The summed E-state index contributed by atoms with van der Waals surface area (Å²) in [4.78, 5) is 0. The minimum Gasteiger partial charge on any atom is -0.308 e. The lowest BCUT2D eigenvalue weighted by Crippen LogP contribution is -2.18. The van der Waals surface area contributed by atoms with Gasteiger partial charge in [0.2, 0.25) is 0 Å². The molecule has 0 atom stereocenters. The van der Waals surface area contributed by atoms with Gasteiger partial charge in [0.1, 0.15) is 0 Å². The fraction of sp³-hybridized carbons (Fsp3) is 0.150. The smallest absolute Gasteiger partial charge is 0.0623 e. The van der Waals surface area contributed by atoms with Crippen molar-refractivity contribution in [2.75, 3.05) is 0 Å². The molecule has 2 aliphatic carbocycles. The summed E-state index contributed by atoms with van der Waals surface area (Å²) < 4.78 is 2.60. The van der Waals surface area contributed by atoms with Crippen molar-refractivity contribution < 1.29 is 0 Å². The highest BCUT2D eigenvalue weighted by atomic mass is 15.0. The number of nitrogens with zero attached hydrogens (tertiary/aromatic N) is 1. The molecule has 0 N–H and O–H groups in total. The molecule has 0 saturated carbocycles. The Hall–Kier alpha value is -4.62. The fourth-order valence-electron chi connectivity index (χ4n) is 8.46. The summed E-state index contributed by atoms with van der Waals surface area (Å²) in [5.41, 5.74) is 14.8. The molecule has 1 aromatic heterocycles. The van der Waals surface area contributed by atoms with Gasteiger partial charge in [-0.25, -0.2) is 0 Å². The summed E-state index contributed by atoms with van der Waals surface area (Å²) in [7, 11) is 0. The van der Waals surface area contributed by atoms with E-state index in [2.05, 4.69) is 148 Å². The van der Waals surface area contributed by atoms with Gasteiger partial charge in [0.15, 0.2) is 0 Å². The lowest BCUT2D eigenvalue weighted by atomic mass is 9.79. The van der Waals surface area contributed by atoms with Gasteiger partial charge < -0.3 is 4.57 Å². The zero-order chi connectivity index (χ0) is 27.7. The molecule has 9 rings (SSSR count). The Morgan fingerprint density at radius 2 is 1.02 bits per heavy atom. The van der Waals surface area contributed by atoms with Crippen molar-refractivity contribution in [3.05, 3.63) is 138 Å². The molecule has 41 heavy (non-hydrogen) atoms. The van der Waals surface area contributed by atoms with E-state index in [0.29, 0.717) is 0 Å². The Labute approximate surface area is 240 Å². The van der Waals surface area contributed by atoms with E-state index in [4.69, 9.17) is 0 Å². The highest BCUT2D eigenvalue weighted by Crippen LogP contribution is 2.57. The first-order valence-electron chi connectivity index (χ1n) is 14.7. The van der Waals surface area contributed by atoms with Gasteiger partial charge in [0.25, 0.3) is 0 Å². The largest absolute Gasteiger partial charge is 0.308 e. The van der Waals surface area contributed by atoms with Crippen molar-refractivity contribution in [3.8, 4) is 27.9 Å². The number of hydrogen-bond donors (Lipinski definition) is 0. The van der Waals surface area contributed by atoms with Crippen molar-refractivity contribution in [1.29, 1.82) is 0 Å². The van der Waals surface area contributed by atoms with Crippen LogP contribution in [0.3, 0.4) is 0 Å². The SMILES string of the molecule is CC1(C)c2ccccc2-c2cccc(-n3c4ccccc4c4c5c(c6ccccc6c43)-c3ccccc3C5(C)C)c21. The Morgan fingerprint density at radius 3 is 1.80 bits per heavy atom. The van der Waals surface area contributed by atoms with Gasteiger partial charge in [0.05, 0.1) is 16.7 Å². The maximum absolute atomic E-state index is 2.60. The number of para-hydroxylation sites is 1. The zero-order valence-corrected chi connectivity index (χ0v) is 23.9. The van der Waals surface area contributed by atoms with Crippen molar-refractivity contribution >= 4 is 32.6 Å². The van der Waals surface area contributed by atoms with Gasteiger partial charge in [-0.1, -0.05) is 131 Å². The predicted octanol–water partition coefficient (Wildman–Crippen LogP) is 10.5. The predicted molar refractivity (Wildman–Crippen MR) is 173 cm³/mol. The summed E-state index contributed by atoms with van der Waals surface area (Å²) in [6.45, 7) is 9.62. The summed E-state index contributed by atoms with van der Waals surface area (Å²) in [5.74, 6) is 0. The molecule has 1 heteroatoms. The van der Waals surface area contributed by atoms with Crippen LogP contribution in [0.5, 0.6) is 0 Å². The molecule has 0 fully saturated rings. The van der Waals surface area contributed by atoms with E-state index in [1.54, 1.807) is 0 Å². The third kappa shape index (κ3) is 2.68. The second-order valence-electron chi connectivity index (χ2n) is 12.9. The Bertz CT molecular complexity index is 2260. The van der Waals surface area contributed by atoms with E-state index in [9.17, 15) is 0 Å². The van der Waals surface area contributed by atoms with Gasteiger partial charge in [-0.3, -0.25) is 0 Å². The minimum absolute atomic E-state index is 0.109. The molecule has 1 nitrogen and oxygen atoms in total. The first-order chi connectivity index (χ1) is 19.9. The molecule has 0 amide bonds. The van der Waals surface area contributed by atoms with Gasteiger partial charge in [0, 0.05) is 27.0 Å². The van der Waals surface area contributed by atoms with Crippen LogP contribution >= 0.6 is 0 Å². The van der Waals surface area contributed by atoms with E-state index >= 15 is 0 Å². The van der Waals surface area contributed by atoms with E-state index in [-0.39, 0.29) is 10.8 Å². The van der Waals surface area contributed by atoms with Gasteiger partial charge in [-0.2, -0.15) is 0 Å². The zero-order valence-electron chi connectivity index (χ0n) is 23.9. The van der Waals surface area contributed by atoms with Crippen LogP contribution < -0.4 is 0 Å². The Kier molecular flexibility index (Phi) is 4.26. The van der Waals surface area contributed by atoms with Crippen molar-refractivity contribution in [3.63, 3.8) is 0 Å². The standard InChI is InChI=1S/C40H31N/c1-39(2)30-20-10-7-14-24(30)26-19-13-23-33(36(26)39)41-32-22-12-9-18-29(32)35-37-34(25-15-5-6-16-27(25)38(35)41)28-17-8-11-21-31(28)40(37,3)4/h5-23H,1-4H3. The maximum atomic E-state index is 2.60. The number of rotatable bonds is 1. The van der Waals surface area contributed by atoms with Crippen LogP contribution in [0.2, 0.25) is 0 Å². The molecular formula is C40H31N. The van der Waals surface area contributed by atoms with Crippen LogP contribution in [-0.4, -0.2) is 4.57 Å². The first kappa shape index (κ1) is 23.1. The second kappa shape index (κ2) is 7.56. The average Bonchev–Trinajstić information content (AvgIpc) is 3.55. The Balaban J connectivity index is 1.53. The highest BCUT2D eigenvalue weighted by molar-refractivity contribution is 6.25. The van der Waals surface area contributed by atoms with Crippen molar-refractivity contribution in [2.24, 2.45) is 0 Å². The highest BCUT2D eigenvalue weighted by Gasteiger charge is 2.41. The third-order valence-corrected chi connectivity index (χ3v) is 10.1. The summed E-state index contributed by atoms with van der Waals surface area (Å²) in [6.07, 6.45) is 0. The number of benzene rings is 6. The molecule has 0 aliphatic heterocycles. The van der Waals surface area contributed by atoms with Crippen LogP contribution in [0.25, 0.3) is 60.5 Å². The summed E-state index contributed by atoms with van der Waals surface area (Å²) >= 11 is 0. The summed E-state index contributed by atoms with van der Waals surface area (Å²) in [6, 6.07) is 43.1. The number of fused-ring (bicyclic) bond motifs is 13. The molecule has 1 heterocycles. The topological polar surface area (TPSA) is 4.93 Å². The van der Waals surface area contributed by atoms with Crippen LogP contribution in [0.15, 0.2) is 115 Å². The molecule has 0 radical (unpaired) electrons. The Morgan fingerprint density at radius 1 is 0.463 bits per heavy atom. The van der Waals surface area contributed by atoms with Gasteiger partial charge >= 0.3 is 0 Å². The lowest BCUT2D eigenvalue weighted by molar-refractivity contribution is 0.656. The second-order valence-corrected chi connectivity index (χ2v) is 12.9. The van der Waals surface area contributed by atoms with E-state index in [1.165, 1.54) is 82.8 Å². The van der Waals surface area contributed by atoms with Gasteiger partial charge in [-0.05, 0) is 62.0 Å². The molecule has 0 unspecified atom stereocenters. The van der Waals surface area contributed by atoms with Crippen molar-refractivity contribution in [1.82, 2.24) is 4.57 Å². The van der Waals surface area contributed by atoms with E-state index in [0.717, 1.165) is 0 Å². The molecule has 0 bridgehead atoms. The normalized spacial score (nSPS) is 15.7. The molecule has 196 valence electrons. The van der Waals surface area contributed by atoms with Crippen LogP contribution in [0.1, 0.15) is 49.9 Å². The quantitative estimate of drug-likeness (QED) is 0.201. The number of hydrogen-bond acceptors (Lipinski definition) is 0. The van der Waals surface area contributed by atoms with E-state index in [1.807, 2.05) is 0 Å². The molecule has 0 saturated heterocycles. The average molecular weight is 526 g/mol. The third-order valence-electron chi connectivity index (χ3n) is 10.1. The van der Waals surface area contributed by atoms with Crippen LogP contribution in [0.4, 0.5) is 0 Å².